The number of nitro groups is 1. The topological polar surface area (TPSA) is 101 Å². The second kappa shape index (κ2) is 5.74. The van der Waals surface area contributed by atoms with Crippen LogP contribution in [0.3, 0.4) is 0 Å². The fourth-order valence-electron chi connectivity index (χ4n) is 2.31. The van der Waals surface area contributed by atoms with E-state index in [1.54, 1.807) is 39.0 Å². The molecule has 0 amide bonds. The molecule has 1 heterocycles. The Balaban J connectivity index is 2.38. The summed E-state index contributed by atoms with van der Waals surface area (Å²) in [6, 6.07) is 5.92. The number of aromatic amines is 1. The molecule has 0 radical (unpaired) electrons. The molecular formula is C14H16N4O3. The van der Waals surface area contributed by atoms with E-state index in [9.17, 15) is 14.9 Å². The van der Waals surface area contributed by atoms with E-state index in [-0.39, 0.29) is 11.2 Å². The van der Waals surface area contributed by atoms with Crippen molar-refractivity contribution in [1.29, 1.82) is 0 Å². The van der Waals surface area contributed by atoms with Crippen LogP contribution >= 0.6 is 0 Å². The molecule has 0 fully saturated rings. The van der Waals surface area contributed by atoms with Crippen molar-refractivity contribution in [3.8, 4) is 0 Å². The quantitative estimate of drug-likeness (QED) is 0.664. The summed E-state index contributed by atoms with van der Waals surface area (Å²) >= 11 is 0. The fourth-order valence-corrected chi connectivity index (χ4v) is 2.31. The lowest BCUT2D eigenvalue weighted by molar-refractivity contribution is -0.384. The van der Waals surface area contributed by atoms with E-state index >= 15 is 0 Å². The van der Waals surface area contributed by atoms with Crippen LogP contribution in [0, 0.1) is 24.0 Å². The van der Waals surface area contributed by atoms with Crippen LogP contribution in [0.25, 0.3) is 0 Å². The minimum absolute atomic E-state index is 0.0292. The number of hydrogen-bond donors (Lipinski definition) is 2. The van der Waals surface area contributed by atoms with Gasteiger partial charge in [-0.3, -0.25) is 14.9 Å². The van der Waals surface area contributed by atoms with Crippen molar-refractivity contribution in [3.63, 3.8) is 0 Å². The normalized spacial score (nSPS) is 12.0. The van der Waals surface area contributed by atoms with Crippen molar-refractivity contribution in [2.45, 2.75) is 26.8 Å². The van der Waals surface area contributed by atoms with Crippen LogP contribution in [0.1, 0.15) is 30.0 Å². The molecule has 0 saturated heterocycles. The molecule has 21 heavy (non-hydrogen) atoms. The van der Waals surface area contributed by atoms with Crippen LogP contribution in [-0.2, 0) is 0 Å². The zero-order chi connectivity index (χ0) is 15.6. The van der Waals surface area contributed by atoms with Gasteiger partial charge in [0.25, 0.3) is 11.2 Å². The Morgan fingerprint density at radius 3 is 2.62 bits per heavy atom. The highest BCUT2D eigenvalue weighted by atomic mass is 16.6. The first-order chi connectivity index (χ1) is 9.90. The molecule has 1 unspecified atom stereocenters. The number of nitrogens with one attached hydrogen (secondary N) is 2. The van der Waals surface area contributed by atoms with Gasteiger partial charge in [0.2, 0.25) is 0 Å². The summed E-state index contributed by atoms with van der Waals surface area (Å²) in [5, 5.41) is 14.0. The number of benzene rings is 1. The maximum absolute atomic E-state index is 12.0. The van der Waals surface area contributed by atoms with Gasteiger partial charge in [-0.2, -0.15) is 0 Å². The predicted molar refractivity (Wildman–Crippen MR) is 79.5 cm³/mol. The monoisotopic (exact) mass is 288 g/mol. The number of aromatic nitrogens is 2. The summed E-state index contributed by atoms with van der Waals surface area (Å²) in [5.74, 6) is 0.541. The molecule has 2 N–H and O–H groups in total. The summed E-state index contributed by atoms with van der Waals surface area (Å²) in [7, 11) is 0. The zero-order valence-corrected chi connectivity index (χ0v) is 12.0. The van der Waals surface area contributed by atoms with Crippen LogP contribution in [0.5, 0.6) is 0 Å². The third kappa shape index (κ3) is 3.07. The lowest BCUT2D eigenvalue weighted by atomic mass is 10.1. The molecule has 0 aliphatic rings. The molecular weight excluding hydrogens is 272 g/mol. The number of hydrogen-bond acceptors (Lipinski definition) is 5. The van der Waals surface area contributed by atoms with Gasteiger partial charge < -0.3 is 10.3 Å². The minimum atomic E-state index is -0.459. The van der Waals surface area contributed by atoms with E-state index in [1.165, 1.54) is 6.07 Å². The molecule has 0 aliphatic carbocycles. The number of H-pyrrole nitrogens is 1. The number of para-hydroxylation sites is 2. The molecule has 2 aromatic rings. The Morgan fingerprint density at radius 1 is 1.33 bits per heavy atom. The Hall–Kier alpha value is -2.70. The van der Waals surface area contributed by atoms with Crippen LogP contribution in [0.2, 0.25) is 0 Å². The van der Waals surface area contributed by atoms with Gasteiger partial charge in [-0.15, -0.1) is 0 Å². The molecule has 7 nitrogen and oxygen atoms in total. The van der Waals surface area contributed by atoms with Gasteiger partial charge in [-0.1, -0.05) is 12.1 Å². The minimum Gasteiger partial charge on any atom is -0.373 e. The molecule has 0 spiro atoms. The zero-order valence-electron chi connectivity index (χ0n) is 12.0. The molecule has 1 aromatic heterocycles. The largest absolute Gasteiger partial charge is 0.373 e. The summed E-state index contributed by atoms with van der Waals surface area (Å²) in [4.78, 5) is 29.5. The molecule has 1 atom stereocenters. The maximum atomic E-state index is 12.0. The van der Waals surface area contributed by atoms with Crippen LogP contribution in [0.15, 0.2) is 29.1 Å². The van der Waals surface area contributed by atoms with Gasteiger partial charge in [0.15, 0.2) is 0 Å². The van der Waals surface area contributed by atoms with Gasteiger partial charge in [-0.25, -0.2) is 4.98 Å². The van der Waals surface area contributed by atoms with Crippen LogP contribution in [0.4, 0.5) is 11.4 Å². The summed E-state index contributed by atoms with van der Waals surface area (Å²) in [6.45, 7) is 5.22. The average Bonchev–Trinajstić information content (AvgIpc) is 2.37. The van der Waals surface area contributed by atoms with E-state index in [4.69, 9.17) is 0 Å². The van der Waals surface area contributed by atoms with E-state index in [0.29, 0.717) is 22.8 Å². The smallest absolute Gasteiger partial charge is 0.292 e. The standard InChI is InChI=1S/C14H16N4O3/c1-8-13(14(19)17-10(3)15-8)9(2)16-11-6-4-5-7-12(11)18(20)21/h4-7,9,16H,1-3H3,(H,15,17,19). The van der Waals surface area contributed by atoms with Gasteiger partial charge in [0.05, 0.1) is 22.2 Å². The SMILES string of the molecule is Cc1nc(C)c(C(C)Nc2ccccc2[N+](=O)[O-])c(=O)[nH]1. The highest BCUT2D eigenvalue weighted by Gasteiger charge is 2.18. The molecule has 7 heteroatoms. The first-order valence-electron chi connectivity index (χ1n) is 6.47. The third-order valence-corrected chi connectivity index (χ3v) is 3.17. The summed E-state index contributed by atoms with van der Waals surface area (Å²) in [5.41, 5.74) is 1.18. The average molecular weight is 288 g/mol. The predicted octanol–water partition coefficient (Wildman–Crippen LogP) is 2.47. The van der Waals surface area contributed by atoms with E-state index in [1.807, 2.05) is 0 Å². The van der Waals surface area contributed by atoms with Crippen molar-refractivity contribution < 1.29 is 4.92 Å². The number of anilines is 1. The van der Waals surface area contributed by atoms with Crippen molar-refractivity contribution in [2.75, 3.05) is 5.32 Å². The van der Waals surface area contributed by atoms with E-state index in [2.05, 4.69) is 15.3 Å². The van der Waals surface area contributed by atoms with Gasteiger partial charge in [-0.05, 0) is 26.8 Å². The van der Waals surface area contributed by atoms with Crippen molar-refractivity contribution in [2.24, 2.45) is 0 Å². The Labute approximate surface area is 121 Å². The highest BCUT2D eigenvalue weighted by Crippen LogP contribution is 2.27. The number of nitro benzene ring substituents is 1. The molecule has 0 bridgehead atoms. The second-order valence-electron chi connectivity index (χ2n) is 4.79. The first-order valence-corrected chi connectivity index (χ1v) is 6.47. The lowest BCUT2D eigenvalue weighted by Gasteiger charge is -2.16. The first kappa shape index (κ1) is 14.7. The molecule has 0 aliphatic heterocycles. The Morgan fingerprint density at radius 2 is 2.00 bits per heavy atom. The lowest BCUT2D eigenvalue weighted by Crippen LogP contribution is -2.23. The third-order valence-electron chi connectivity index (χ3n) is 3.17. The van der Waals surface area contributed by atoms with Crippen molar-refractivity contribution >= 4 is 11.4 Å². The van der Waals surface area contributed by atoms with E-state index in [0.717, 1.165) is 0 Å². The highest BCUT2D eigenvalue weighted by molar-refractivity contribution is 5.62. The molecule has 0 saturated carbocycles. The van der Waals surface area contributed by atoms with Crippen LogP contribution < -0.4 is 10.9 Å². The van der Waals surface area contributed by atoms with Crippen molar-refractivity contribution in [3.05, 3.63) is 61.8 Å². The summed E-state index contributed by atoms with van der Waals surface area (Å²) < 4.78 is 0. The Kier molecular flexibility index (Phi) is 4.02. The van der Waals surface area contributed by atoms with Crippen LogP contribution in [-0.4, -0.2) is 14.9 Å². The Bertz CT molecular complexity index is 739. The van der Waals surface area contributed by atoms with Crippen molar-refractivity contribution in [1.82, 2.24) is 9.97 Å². The number of nitrogens with zero attached hydrogens (tertiary/aromatic N) is 2. The molecule has 1 aromatic carbocycles. The maximum Gasteiger partial charge on any atom is 0.292 e. The molecule has 2 rings (SSSR count). The summed E-state index contributed by atoms with van der Waals surface area (Å²) in [6.07, 6.45) is 0. The molecule has 110 valence electrons. The second-order valence-corrected chi connectivity index (χ2v) is 4.79. The van der Waals surface area contributed by atoms with Gasteiger partial charge in [0, 0.05) is 6.07 Å². The van der Waals surface area contributed by atoms with Gasteiger partial charge >= 0.3 is 0 Å². The van der Waals surface area contributed by atoms with Gasteiger partial charge in [0.1, 0.15) is 11.5 Å². The number of aryl methyl sites for hydroxylation is 2. The number of rotatable bonds is 4. The fraction of sp³-hybridized carbons (Fsp3) is 0.286. The van der Waals surface area contributed by atoms with E-state index < -0.39 is 11.0 Å².